The van der Waals surface area contributed by atoms with Crippen molar-refractivity contribution in [2.45, 2.75) is 0 Å². The molecular weight excluding hydrogens is 216 g/mol. The summed E-state index contributed by atoms with van der Waals surface area (Å²) in [4.78, 5) is 0. The molecule has 0 amide bonds. The van der Waals surface area contributed by atoms with Gasteiger partial charge in [-0.05, 0) is 23.3 Å². The molecule has 2 aromatic rings. The average Bonchev–Trinajstić information content (AvgIpc) is 2.46. The molecule has 2 aromatic carbocycles. The molecule has 2 rings (SSSR count). The van der Waals surface area contributed by atoms with E-state index in [1.807, 2.05) is 60.7 Å². The maximum atomic E-state index is 4.04. The van der Waals surface area contributed by atoms with Crippen LogP contribution in [0.4, 0.5) is 0 Å². The van der Waals surface area contributed by atoms with Gasteiger partial charge in [0.1, 0.15) is 0 Å². The molecule has 0 aliphatic heterocycles. The Morgan fingerprint density at radius 3 is 1.94 bits per heavy atom. The summed E-state index contributed by atoms with van der Waals surface area (Å²) in [5.41, 5.74) is 3.67. The van der Waals surface area contributed by atoms with Crippen molar-refractivity contribution < 1.29 is 0 Å². The molecule has 0 aliphatic carbocycles. The smallest absolute Gasteiger partial charge is 0.0249 e. The normalized spacial score (nSPS) is 9.11. The van der Waals surface area contributed by atoms with E-state index in [9.17, 15) is 0 Å². The van der Waals surface area contributed by atoms with E-state index in [1.165, 1.54) is 0 Å². The van der Waals surface area contributed by atoms with Crippen LogP contribution >= 0.6 is 0 Å². The Morgan fingerprint density at radius 2 is 1.33 bits per heavy atom. The predicted octanol–water partition coefficient (Wildman–Crippen LogP) is 4.31. The van der Waals surface area contributed by atoms with Crippen LogP contribution in [0.3, 0.4) is 0 Å². The number of hydrogen-bond donors (Lipinski definition) is 0. The van der Waals surface area contributed by atoms with Gasteiger partial charge in [-0.2, -0.15) is 0 Å². The van der Waals surface area contributed by atoms with Gasteiger partial charge in [0, 0.05) is 11.1 Å². The maximum Gasteiger partial charge on any atom is 0.0249 e. The molecule has 0 heteroatoms. The highest BCUT2D eigenvalue weighted by molar-refractivity contribution is 5.81. The van der Waals surface area contributed by atoms with Crippen LogP contribution in [-0.4, -0.2) is 0 Å². The number of allylic oxidation sites excluding steroid dienone is 2. The van der Waals surface area contributed by atoms with Crippen LogP contribution in [0.25, 0.3) is 5.57 Å². The molecule has 0 aliphatic rings. The molecule has 0 heterocycles. The highest BCUT2D eigenvalue weighted by Gasteiger charge is 1.99. The Morgan fingerprint density at radius 1 is 0.778 bits per heavy atom. The Hall–Kier alpha value is -2.52. The van der Waals surface area contributed by atoms with Crippen molar-refractivity contribution in [1.29, 1.82) is 0 Å². The molecule has 0 spiro atoms. The van der Waals surface area contributed by atoms with Crippen LogP contribution in [0.15, 0.2) is 79.4 Å². The number of rotatable bonds is 2. The fourth-order valence-corrected chi connectivity index (χ4v) is 1.56. The third-order valence-electron chi connectivity index (χ3n) is 2.62. The largest absolute Gasteiger partial charge is 0.0899 e. The standard InChI is InChI=1S/C18H14/c1-15(13-14-17-9-5-3-6-10-17)16(2)18-11-7-4-8-12-18/h3-12H,1-2H2. The molecule has 0 saturated carbocycles. The van der Waals surface area contributed by atoms with Crippen LogP contribution in [0, 0.1) is 11.8 Å². The Balaban J connectivity index is 2.15. The molecule has 0 N–H and O–H groups in total. The molecular formula is C18H14. The first kappa shape index (κ1) is 12.0. The van der Waals surface area contributed by atoms with Gasteiger partial charge in [-0.15, -0.1) is 0 Å². The summed E-state index contributed by atoms with van der Waals surface area (Å²) >= 11 is 0. The summed E-state index contributed by atoms with van der Waals surface area (Å²) in [5.74, 6) is 6.14. The van der Waals surface area contributed by atoms with Gasteiger partial charge in [0.15, 0.2) is 0 Å². The van der Waals surface area contributed by atoms with Crippen molar-refractivity contribution in [1.82, 2.24) is 0 Å². The van der Waals surface area contributed by atoms with E-state index in [1.54, 1.807) is 0 Å². The topological polar surface area (TPSA) is 0 Å². The molecule has 0 fully saturated rings. The number of hydrogen-bond acceptors (Lipinski definition) is 0. The lowest BCUT2D eigenvalue weighted by Gasteiger charge is -2.02. The van der Waals surface area contributed by atoms with E-state index in [-0.39, 0.29) is 0 Å². The Bertz CT molecular complexity index is 607. The van der Waals surface area contributed by atoms with Gasteiger partial charge in [0.2, 0.25) is 0 Å². The third kappa shape index (κ3) is 2.99. The first-order valence-corrected chi connectivity index (χ1v) is 5.78. The van der Waals surface area contributed by atoms with Gasteiger partial charge >= 0.3 is 0 Å². The molecule has 0 saturated heterocycles. The van der Waals surface area contributed by atoms with Crippen LogP contribution < -0.4 is 0 Å². The average molecular weight is 230 g/mol. The van der Waals surface area contributed by atoms with Gasteiger partial charge in [0.05, 0.1) is 0 Å². The predicted molar refractivity (Wildman–Crippen MR) is 77.9 cm³/mol. The van der Waals surface area contributed by atoms with Crippen molar-refractivity contribution in [3.63, 3.8) is 0 Å². The van der Waals surface area contributed by atoms with Gasteiger partial charge < -0.3 is 0 Å². The van der Waals surface area contributed by atoms with Gasteiger partial charge in [-0.3, -0.25) is 0 Å². The second kappa shape index (κ2) is 5.70. The molecule has 86 valence electrons. The van der Waals surface area contributed by atoms with Crippen molar-refractivity contribution in [2.24, 2.45) is 0 Å². The quantitative estimate of drug-likeness (QED) is 0.533. The minimum atomic E-state index is 0.755. The molecule has 0 aromatic heterocycles. The van der Waals surface area contributed by atoms with Crippen LogP contribution in [0.1, 0.15) is 11.1 Å². The lowest BCUT2D eigenvalue weighted by atomic mass is 10.0. The van der Waals surface area contributed by atoms with Gasteiger partial charge in [0.25, 0.3) is 0 Å². The molecule has 0 radical (unpaired) electrons. The highest BCUT2D eigenvalue weighted by atomic mass is 14.0. The second-order valence-corrected chi connectivity index (χ2v) is 3.94. The van der Waals surface area contributed by atoms with E-state index in [2.05, 4.69) is 25.0 Å². The fraction of sp³-hybridized carbons (Fsp3) is 0. The lowest BCUT2D eigenvalue weighted by molar-refractivity contribution is 1.61. The first-order valence-electron chi connectivity index (χ1n) is 5.78. The Labute approximate surface area is 108 Å². The maximum absolute atomic E-state index is 4.04. The second-order valence-electron chi connectivity index (χ2n) is 3.94. The summed E-state index contributed by atoms with van der Waals surface area (Å²) in [6, 6.07) is 19.8. The van der Waals surface area contributed by atoms with E-state index in [0.29, 0.717) is 0 Å². The molecule has 0 atom stereocenters. The van der Waals surface area contributed by atoms with Crippen molar-refractivity contribution in [3.05, 3.63) is 90.5 Å². The van der Waals surface area contributed by atoms with Crippen molar-refractivity contribution in [2.75, 3.05) is 0 Å². The molecule has 18 heavy (non-hydrogen) atoms. The fourth-order valence-electron chi connectivity index (χ4n) is 1.56. The molecule has 0 unspecified atom stereocenters. The summed E-state index contributed by atoms with van der Waals surface area (Å²) in [5, 5.41) is 0. The monoisotopic (exact) mass is 230 g/mol. The zero-order valence-corrected chi connectivity index (χ0v) is 10.2. The summed E-state index contributed by atoms with van der Waals surface area (Å²) in [7, 11) is 0. The van der Waals surface area contributed by atoms with E-state index in [0.717, 1.165) is 22.3 Å². The van der Waals surface area contributed by atoms with Crippen LogP contribution in [-0.2, 0) is 0 Å². The minimum absolute atomic E-state index is 0.755. The zero-order valence-electron chi connectivity index (χ0n) is 10.2. The zero-order chi connectivity index (χ0) is 12.8. The van der Waals surface area contributed by atoms with Gasteiger partial charge in [-0.1, -0.05) is 73.5 Å². The molecule has 0 nitrogen and oxygen atoms in total. The van der Waals surface area contributed by atoms with E-state index in [4.69, 9.17) is 0 Å². The van der Waals surface area contributed by atoms with E-state index < -0.39 is 0 Å². The summed E-state index contributed by atoms with van der Waals surface area (Å²) in [6.07, 6.45) is 0. The minimum Gasteiger partial charge on any atom is -0.0899 e. The SMILES string of the molecule is C=C(C#Cc1ccccc1)C(=C)c1ccccc1. The van der Waals surface area contributed by atoms with Gasteiger partial charge in [-0.25, -0.2) is 0 Å². The van der Waals surface area contributed by atoms with Crippen molar-refractivity contribution >= 4 is 5.57 Å². The van der Waals surface area contributed by atoms with Crippen LogP contribution in [0.5, 0.6) is 0 Å². The molecule has 0 bridgehead atoms. The van der Waals surface area contributed by atoms with E-state index >= 15 is 0 Å². The van der Waals surface area contributed by atoms with Crippen molar-refractivity contribution in [3.8, 4) is 11.8 Å². The third-order valence-corrected chi connectivity index (χ3v) is 2.62. The summed E-state index contributed by atoms with van der Waals surface area (Å²) in [6.45, 7) is 8.01. The Kier molecular flexibility index (Phi) is 3.79. The van der Waals surface area contributed by atoms with Crippen LogP contribution in [0.2, 0.25) is 0 Å². The highest BCUT2D eigenvalue weighted by Crippen LogP contribution is 2.18. The summed E-state index contributed by atoms with van der Waals surface area (Å²) < 4.78 is 0. The first-order chi connectivity index (χ1) is 8.77. The lowest BCUT2D eigenvalue weighted by Crippen LogP contribution is -1.84. The number of benzene rings is 2.